The molecule has 0 aromatic carbocycles. The van der Waals surface area contributed by atoms with E-state index in [0.29, 0.717) is 5.13 Å². The highest BCUT2D eigenvalue weighted by molar-refractivity contribution is 7.15. The van der Waals surface area contributed by atoms with Gasteiger partial charge in [0.1, 0.15) is 6.10 Å². The first-order valence-electron chi connectivity index (χ1n) is 5.01. The van der Waals surface area contributed by atoms with Crippen molar-refractivity contribution >= 4 is 16.5 Å². The summed E-state index contributed by atoms with van der Waals surface area (Å²) in [5, 5.41) is 14.7. The van der Waals surface area contributed by atoms with Crippen molar-refractivity contribution in [1.29, 1.82) is 0 Å². The number of nitrogen functional groups attached to an aromatic ring is 1. The largest absolute Gasteiger partial charge is 0.383 e. The monoisotopic (exact) mass is 238 g/mol. The molecule has 0 spiro atoms. The van der Waals surface area contributed by atoms with Gasteiger partial charge in [0.25, 0.3) is 0 Å². The predicted octanol–water partition coefficient (Wildman–Crippen LogP) is 1.58. The van der Waals surface area contributed by atoms with Crippen molar-refractivity contribution in [3.63, 3.8) is 0 Å². The van der Waals surface area contributed by atoms with Gasteiger partial charge in [0.2, 0.25) is 0 Å². The van der Waals surface area contributed by atoms with Gasteiger partial charge >= 0.3 is 0 Å². The van der Waals surface area contributed by atoms with Crippen LogP contribution in [-0.2, 0) is 0 Å². The molecule has 0 aliphatic carbocycles. The van der Waals surface area contributed by atoms with Gasteiger partial charge in [0.05, 0.1) is 11.1 Å². The Kier molecular flexibility index (Phi) is 2.93. The highest BCUT2D eigenvalue weighted by atomic mass is 32.1. The third kappa shape index (κ3) is 2.07. The van der Waals surface area contributed by atoms with E-state index in [4.69, 9.17) is 5.73 Å². The number of nitrogens with zero attached hydrogens (tertiary/aromatic N) is 3. The number of rotatable bonds is 3. The van der Waals surface area contributed by atoms with E-state index in [1.165, 1.54) is 11.3 Å². The molecule has 5 nitrogen and oxygen atoms in total. The summed E-state index contributed by atoms with van der Waals surface area (Å²) >= 11 is 1.29. The Morgan fingerprint density at radius 1 is 1.44 bits per heavy atom. The van der Waals surface area contributed by atoms with Crippen LogP contribution in [0, 0.1) is 0 Å². The van der Waals surface area contributed by atoms with Crippen molar-refractivity contribution < 1.29 is 5.11 Å². The Balaban J connectivity index is 2.23. The molecule has 3 N–H and O–H groups in total. The van der Waals surface area contributed by atoms with Crippen LogP contribution in [0.25, 0.3) is 0 Å². The minimum absolute atomic E-state index is 0.285. The topological polar surface area (TPSA) is 77.0 Å². The Hall–Kier alpha value is -1.40. The van der Waals surface area contributed by atoms with E-state index < -0.39 is 6.10 Å². The molecule has 0 aliphatic heterocycles. The van der Waals surface area contributed by atoms with Gasteiger partial charge in [-0.1, -0.05) is 11.3 Å². The second-order valence-electron chi connectivity index (χ2n) is 3.85. The van der Waals surface area contributed by atoms with E-state index in [2.05, 4.69) is 10.1 Å². The van der Waals surface area contributed by atoms with Crippen molar-refractivity contribution in [3.8, 4) is 0 Å². The summed E-state index contributed by atoms with van der Waals surface area (Å²) in [5.41, 5.74) is 6.28. The second-order valence-corrected chi connectivity index (χ2v) is 4.94. The van der Waals surface area contributed by atoms with Gasteiger partial charge in [-0.25, -0.2) is 4.98 Å². The van der Waals surface area contributed by atoms with Crippen LogP contribution in [0.2, 0.25) is 0 Å². The number of hydrogen-bond acceptors (Lipinski definition) is 5. The molecule has 2 heterocycles. The summed E-state index contributed by atoms with van der Waals surface area (Å²) in [4.78, 5) is 4.65. The predicted molar refractivity (Wildman–Crippen MR) is 63.2 cm³/mol. The SMILES string of the molecule is CC(C)n1cc(C(O)c2cnc(N)s2)cn1. The van der Waals surface area contributed by atoms with Crippen LogP contribution in [0.4, 0.5) is 5.13 Å². The highest BCUT2D eigenvalue weighted by Gasteiger charge is 2.15. The fourth-order valence-corrected chi connectivity index (χ4v) is 2.07. The zero-order chi connectivity index (χ0) is 11.7. The first kappa shape index (κ1) is 11.1. The summed E-state index contributed by atoms with van der Waals surface area (Å²) in [6, 6.07) is 0.285. The molecule has 16 heavy (non-hydrogen) atoms. The third-order valence-corrected chi connectivity index (χ3v) is 3.16. The van der Waals surface area contributed by atoms with Crippen LogP contribution in [0.5, 0.6) is 0 Å². The molecule has 0 saturated carbocycles. The maximum absolute atomic E-state index is 10.1. The molecule has 0 saturated heterocycles. The molecule has 2 rings (SSSR count). The molecule has 6 heteroatoms. The van der Waals surface area contributed by atoms with Crippen LogP contribution in [-0.4, -0.2) is 19.9 Å². The van der Waals surface area contributed by atoms with Gasteiger partial charge in [0.15, 0.2) is 5.13 Å². The normalized spacial score (nSPS) is 13.2. The molecule has 0 aliphatic rings. The fourth-order valence-electron chi connectivity index (χ4n) is 1.37. The number of thiazole rings is 1. The van der Waals surface area contributed by atoms with Crippen molar-refractivity contribution in [1.82, 2.24) is 14.8 Å². The van der Waals surface area contributed by atoms with Crippen molar-refractivity contribution in [3.05, 3.63) is 29.0 Å². The molecule has 86 valence electrons. The fraction of sp³-hybridized carbons (Fsp3) is 0.400. The average molecular weight is 238 g/mol. The van der Waals surface area contributed by atoms with Gasteiger partial charge in [-0.2, -0.15) is 5.10 Å². The molecule has 0 fully saturated rings. The third-order valence-electron chi connectivity index (χ3n) is 2.28. The van der Waals surface area contributed by atoms with Crippen LogP contribution in [0.3, 0.4) is 0 Å². The van der Waals surface area contributed by atoms with Gasteiger partial charge in [0, 0.05) is 24.0 Å². The van der Waals surface area contributed by atoms with Gasteiger partial charge in [-0.15, -0.1) is 0 Å². The van der Waals surface area contributed by atoms with Crippen LogP contribution in [0.15, 0.2) is 18.6 Å². The van der Waals surface area contributed by atoms with Crippen LogP contribution in [0.1, 0.15) is 36.4 Å². The quantitative estimate of drug-likeness (QED) is 0.851. The number of aliphatic hydroxyl groups excluding tert-OH is 1. The Morgan fingerprint density at radius 2 is 2.19 bits per heavy atom. The number of anilines is 1. The molecule has 0 amide bonds. The standard InChI is InChI=1S/C10H14N4OS/c1-6(2)14-5-7(3-13-14)9(15)8-4-12-10(11)16-8/h3-6,9,15H,1-2H3,(H2,11,12). The minimum Gasteiger partial charge on any atom is -0.383 e. The molecular weight excluding hydrogens is 224 g/mol. The molecule has 2 aromatic rings. The van der Waals surface area contributed by atoms with E-state index in [1.54, 1.807) is 12.4 Å². The summed E-state index contributed by atoms with van der Waals surface area (Å²) < 4.78 is 1.81. The zero-order valence-corrected chi connectivity index (χ0v) is 9.98. The summed E-state index contributed by atoms with van der Waals surface area (Å²) in [7, 11) is 0. The van der Waals surface area contributed by atoms with Crippen molar-refractivity contribution in [2.24, 2.45) is 0 Å². The van der Waals surface area contributed by atoms with Crippen molar-refractivity contribution in [2.75, 3.05) is 5.73 Å². The van der Waals surface area contributed by atoms with E-state index in [0.717, 1.165) is 10.4 Å². The van der Waals surface area contributed by atoms with Gasteiger partial charge in [-0.05, 0) is 13.8 Å². The Labute approximate surface area is 97.5 Å². The minimum atomic E-state index is -0.692. The lowest BCUT2D eigenvalue weighted by Gasteiger charge is -2.05. The molecule has 1 unspecified atom stereocenters. The number of nitrogens with two attached hydrogens (primary N) is 1. The first-order valence-corrected chi connectivity index (χ1v) is 5.83. The van der Waals surface area contributed by atoms with E-state index >= 15 is 0 Å². The molecule has 0 radical (unpaired) electrons. The first-order chi connectivity index (χ1) is 7.58. The Morgan fingerprint density at radius 3 is 2.69 bits per heavy atom. The summed E-state index contributed by atoms with van der Waals surface area (Å²) in [6.45, 7) is 4.07. The van der Waals surface area contributed by atoms with E-state index in [-0.39, 0.29) is 6.04 Å². The lowest BCUT2D eigenvalue weighted by atomic mass is 10.2. The molecule has 2 aromatic heterocycles. The summed E-state index contributed by atoms with van der Waals surface area (Å²) in [6.07, 6.45) is 4.41. The van der Waals surface area contributed by atoms with E-state index in [9.17, 15) is 5.11 Å². The van der Waals surface area contributed by atoms with E-state index in [1.807, 2.05) is 24.7 Å². The van der Waals surface area contributed by atoms with Crippen LogP contribution >= 0.6 is 11.3 Å². The number of aliphatic hydroxyl groups is 1. The summed E-state index contributed by atoms with van der Waals surface area (Å²) in [5.74, 6) is 0. The Bertz CT molecular complexity index is 477. The highest BCUT2D eigenvalue weighted by Crippen LogP contribution is 2.27. The maximum atomic E-state index is 10.1. The average Bonchev–Trinajstić information content (AvgIpc) is 2.84. The zero-order valence-electron chi connectivity index (χ0n) is 9.16. The molecule has 0 bridgehead atoms. The maximum Gasteiger partial charge on any atom is 0.180 e. The van der Waals surface area contributed by atoms with Gasteiger partial charge < -0.3 is 10.8 Å². The lowest BCUT2D eigenvalue weighted by molar-refractivity contribution is 0.223. The molecule has 1 atom stereocenters. The van der Waals surface area contributed by atoms with Crippen LogP contribution < -0.4 is 5.73 Å². The second kappa shape index (κ2) is 4.23. The van der Waals surface area contributed by atoms with Crippen molar-refractivity contribution in [2.45, 2.75) is 26.0 Å². The van der Waals surface area contributed by atoms with Gasteiger partial charge in [-0.3, -0.25) is 4.68 Å². The number of hydrogen-bond donors (Lipinski definition) is 2. The number of aromatic nitrogens is 3. The molecular formula is C10H14N4OS. The lowest BCUT2D eigenvalue weighted by Crippen LogP contribution is -2.00. The smallest absolute Gasteiger partial charge is 0.180 e.